The Labute approximate surface area is 81.7 Å². The fraction of sp³-hybridized carbons (Fsp3) is 0.333. The van der Waals surface area contributed by atoms with Gasteiger partial charge in [0.15, 0.2) is 0 Å². The molecule has 3 heteroatoms. The normalized spacial score (nSPS) is 22.0. The molecule has 1 unspecified atom stereocenters. The summed E-state index contributed by atoms with van der Waals surface area (Å²) >= 11 is 11.8. The molecule has 1 N–H and O–H groups in total. The molecule has 0 bridgehead atoms. The van der Waals surface area contributed by atoms with Gasteiger partial charge in [0.2, 0.25) is 0 Å². The van der Waals surface area contributed by atoms with Crippen molar-refractivity contribution >= 4 is 23.2 Å². The second kappa shape index (κ2) is 3.25. The van der Waals surface area contributed by atoms with Crippen LogP contribution in [0, 0.1) is 0 Å². The highest BCUT2D eigenvalue weighted by molar-refractivity contribution is 6.35. The summed E-state index contributed by atoms with van der Waals surface area (Å²) in [4.78, 5) is 0. The molecule has 1 aliphatic heterocycles. The molecule has 1 fully saturated rings. The van der Waals surface area contributed by atoms with Crippen molar-refractivity contribution in [2.24, 2.45) is 0 Å². The molecule has 0 aromatic heterocycles. The molecule has 1 heterocycles. The van der Waals surface area contributed by atoms with Crippen LogP contribution in [0.2, 0.25) is 10.0 Å². The summed E-state index contributed by atoms with van der Waals surface area (Å²) in [5, 5.41) is 4.76. The minimum absolute atomic E-state index is 0.440. The Hall–Kier alpha value is -0.240. The summed E-state index contributed by atoms with van der Waals surface area (Å²) < 4.78 is 0. The van der Waals surface area contributed by atoms with Crippen LogP contribution in [0.5, 0.6) is 0 Å². The summed E-state index contributed by atoms with van der Waals surface area (Å²) in [7, 11) is 0. The van der Waals surface area contributed by atoms with Crippen LogP contribution >= 0.6 is 23.2 Å². The molecular formula is C9H9Cl2N. The van der Waals surface area contributed by atoms with E-state index in [0.29, 0.717) is 11.1 Å². The lowest BCUT2D eigenvalue weighted by molar-refractivity contribution is 0.383. The van der Waals surface area contributed by atoms with E-state index in [0.717, 1.165) is 17.1 Å². The van der Waals surface area contributed by atoms with Gasteiger partial charge in [-0.05, 0) is 30.7 Å². The van der Waals surface area contributed by atoms with E-state index in [1.165, 1.54) is 6.42 Å². The van der Waals surface area contributed by atoms with Crippen molar-refractivity contribution < 1.29 is 0 Å². The second-order valence-electron chi connectivity index (χ2n) is 2.96. The predicted molar refractivity (Wildman–Crippen MR) is 51.8 cm³/mol. The topological polar surface area (TPSA) is 12.0 Å². The molecule has 1 atom stereocenters. The van der Waals surface area contributed by atoms with Gasteiger partial charge in [0.1, 0.15) is 0 Å². The fourth-order valence-electron chi connectivity index (χ4n) is 1.34. The third-order valence-corrected chi connectivity index (χ3v) is 2.72. The van der Waals surface area contributed by atoms with E-state index in [1.807, 2.05) is 12.1 Å². The average molecular weight is 202 g/mol. The summed E-state index contributed by atoms with van der Waals surface area (Å²) in [5.74, 6) is 0. The molecule has 0 radical (unpaired) electrons. The van der Waals surface area contributed by atoms with Crippen LogP contribution < -0.4 is 5.32 Å². The van der Waals surface area contributed by atoms with E-state index in [2.05, 4.69) is 5.32 Å². The number of nitrogens with one attached hydrogen (secondary N) is 1. The molecule has 0 saturated carbocycles. The monoisotopic (exact) mass is 201 g/mol. The number of benzene rings is 1. The van der Waals surface area contributed by atoms with Crippen molar-refractivity contribution in [2.45, 2.75) is 12.5 Å². The SMILES string of the molecule is Clc1ccc(C2CCN2)c(Cl)c1. The molecule has 1 aliphatic rings. The van der Waals surface area contributed by atoms with Crippen molar-refractivity contribution in [1.29, 1.82) is 0 Å². The van der Waals surface area contributed by atoms with Gasteiger partial charge >= 0.3 is 0 Å². The first-order valence-electron chi connectivity index (χ1n) is 3.96. The molecule has 64 valence electrons. The third-order valence-electron chi connectivity index (χ3n) is 2.16. The van der Waals surface area contributed by atoms with Crippen LogP contribution in [0.4, 0.5) is 0 Å². The average Bonchev–Trinajstić information content (AvgIpc) is 1.91. The Morgan fingerprint density at radius 1 is 1.33 bits per heavy atom. The van der Waals surface area contributed by atoms with Gasteiger partial charge < -0.3 is 5.32 Å². The van der Waals surface area contributed by atoms with Crippen LogP contribution in [-0.4, -0.2) is 6.54 Å². The van der Waals surface area contributed by atoms with Crippen molar-refractivity contribution in [3.63, 3.8) is 0 Å². The summed E-state index contributed by atoms with van der Waals surface area (Å²) in [6, 6.07) is 6.10. The molecule has 0 amide bonds. The van der Waals surface area contributed by atoms with Crippen LogP contribution in [0.1, 0.15) is 18.0 Å². The Bertz CT molecular complexity index is 295. The lowest BCUT2D eigenvalue weighted by Gasteiger charge is -2.28. The standard InChI is InChI=1S/C9H9Cl2N/c10-6-1-2-7(8(11)5-6)9-3-4-12-9/h1-2,5,9,12H,3-4H2. The lowest BCUT2D eigenvalue weighted by Crippen LogP contribution is -2.35. The third kappa shape index (κ3) is 1.45. The first-order chi connectivity index (χ1) is 5.77. The number of halogens is 2. The largest absolute Gasteiger partial charge is 0.310 e. The molecule has 0 aliphatic carbocycles. The quantitative estimate of drug-likeness (QED) is 0.737. The molecular weight excluding hydrogens is 193 g/mol. The van der Waals surface area contributed by atoms with Crippen LogP contribution in [-0.2, 0) is 0 Å². The van der Waals surface area contributed by atoms with Gasteiger partial charge in [-0.3, -0.25) is 0 Å². The zero-order chi connectivity index (χ0) is 8.55. The number of hydrogen-bond acceptors (Lipinski definition) is 1. The van der Waals surface area contributed by atoms with Crippen LogP contribution in [0.3, 0.4) is 0 Å². The predicted octanol–water partition coefficient (Wildman–Crippen LogP) is 3.03. The van der Waals surface area contributed by atoms with Crippen LogP contribution in [0.25, 0.3) is 0 Å². The molecule has 2 rings (SSSR count). The van der Waals surface area contributed by atoms with E-state index >= 15 is 0 Å². The summed E-state index contributed by atoms with van der Waals surface area (Å²) in [6.07, 6.45) is 1.17. The molecule has 0 spiro atoms. The van der Waals surface area contributed by atoms with Gasteiger partial charge in [-0.25, -0.2) is 0 Å². The Morgan fingerprint density at radius 3 is 2.58 bits per heavy atom. The Morgan fingerprint density at radius 2 is 2.08 bits per heavy atom. The van der Waals surface area contributed by atoms with Crippen molar-refractivity contribution in [1.82, 2.24) is 5.32 Å². The smallest absolute Gasteiger partial charge is 0.0468 e. The maximum absolute atomic E-state index is 6.01. The Kier molecular flexibility index (Phi) is 2.26. The first-order valence-corrected chi connectivity index (χ1v) is 4.71. The molecule has 1 aromatic carbocycles. The van der Waals surface area contributed by atoms with E-state index < -0.39 is 0 Å². The van der Waals surface area contributed by atoms with Crippen LogP contribution in [0.15, 0.2) is 18.2 Å². The number of hydrogen-bond donors (Lipinski definition) is 1. The highest BCUT2D eigenvalue weighted by atomic mass is 35.5. The van der Waals surface area contributed by atoms with Gasteiger partial charge in [0.05, 0.1) is 0 Å². The van der Waals surface area contributed by atoms with Gasteiger partial charge in [-0.2, -0.15) is 0 Å². The molecule has 1 saturated heterocycles. The van der Waals surface area contributed by atoms with E-state index in [1.54, 1.807) is 6.07 Å². The molecule has 1 nitrogen and oxygen atoms in total. The zero-order valence-electron chi connectivity index (χ0n) is 6.48. The number of rotatable bonds is 1. The summed E-state index contributed by atoms with van der Waals surface area (Å²) in [6.45, 7) is 1.09. The fourth-order valence-corrected chi connectivity index (χ4v) is 1.88. The van der Waals surface area contributed by atoms with Crippen molar-refractivity contribution in [2.75, 3.05) is 6.54 Å². The maximum Gasteiger partial charge on any atom is 0.0468 e. The molecule has 12 heavy (non-hydrogen) atoms. The van der Waals surface area contributed by atoms with E-state index in [-0.39, 0.29) is 0 Å². The van der Waals surface area contributed by atoms with Crippen molar-refractivity contribution in [3.05, 3.63) is 33.8 Å². The molecule has 1 aromatic rings. The maximum atomic E-state index is 6.01. The minimum atomic E-state index is 0.440. The minimum Gasteiger partial charge on any atom is -0.310 e. The first kappa shape index (κ1) is 8.36. The zero-order valence-corrected chi connectivity index (χ0v) is 7.99. The lowest BCUT2D eigenvalue weighted by atomic mass is 9.98. The van der Waals surface area contributed by atoms with Gasteiger partial charge in [-0.15, -0.1) is 0 Å². The Balaban J connectivity index is 2.31. The summed E-state index contributed by atoms with van der Waals surface area (Å²) in [5.41, 5.74) is 1.16. The highest BCUT2D eigenvalue weighted by Crippen LogP contribution is 2.30. The second-order valence-corrected chi connectivity index (χ2v) is 3.80. The highest BCUT2D eigenvalue weighted by Gasteiger charge is 2.20. The van der Waals surface area contributed by atoms with Crippen molar-refractivity contribution in [3.8, 4) is 0 Å². The van der Waals surface area contributed by atoms with Gasteiger partial charge in [0.25, 0.3) is 0 Å². The van der Waals surface area contributed by atoms with Gasteiger partial charge in [-0.1, -0.05) is 29.3 Å². The van der Waals surface area contributed by atoms with Gasteiger partial charge in [0, 0.05) is 16.1 Å². The van der Waals surface area contributed by atoms with E-state index in [4.69, 9.17) is 23.2 Å². The van der Waals surface area contributed by atoms with E-state index in [9.17, 15) is 0 Å².